The standard InChI is InChI=1S/C60H42N6Si/c1-7-24-43(25-8-1)55-61-56(44-26-9-2-10-27-44)64-59(63-55)53-40-21-19-38-51(53)52-39-20-22-41-54(52)60-65-57(45-28-11-3-12-29-45)62-58(66-60)46-30-23-37-50(42-46)67(47-31-13-4-14-32-47,48-33-15-5-16-34-48)49-35-17-6-18-36-49/h1-42H. The van der Waals surface area contributed by atoms with Crippen molar-refractivity contribution in [3.63, 3.8) is 0 Å². The van der Waals surface area contributed by atoms with E-state index in [-0.39, 0.29) is 0 Å². The number of rotatable bonds is 11. The zero-order valence-electron chi connectivity index (χ0n) is 36.4. The third-order valence-electron chi connectivity index (χ3n) is 12.2. The minimum atomic E-state index is -2.85. The molecule has 0 bridgehead atoms. The molecule has 0 saturated heterocycles. The van der Waals surface area contributed by atoms with Gasteiger partial charge in [0.2, 0.25) is 0 Å². The number of aromatic nitrogens is 6. The Morgan fingerprint density at radius 3 is 0.806 bits per heavy atom. The Kier molecular flexibility index (Phi) is 11.2. The summed E-state index contributed by atoms with van der Waals surface area (Å²) < 4.78 is 0. The van der Waals surface area contributed by atoms with Gasteiger partial charge in [0.1, 0.15) is 0 Å². The van der Waals surface area contributed by atoms with Crippen LogP contribution in [-0.2, 0) is 0 Å². The zero-order valence-corrected chi connectivity index (χ0v) is 37.4. The third-order valence-corrected chi connectivity index (χ3v) is 16.9. The van der Waals surface area contributed by atoms with Crippen molar-refractivity contribution in [2.45, 2.75) is 0 Å². The highest BCUT2D eigenvalue weighted by Gasteiger charge is 2.41. The smallest absolute Gasteiger partial charge is 0.179 e. The summed E-state index contributed by atoms with van der Waals surface area (Å²) in [4.78, 5) is 31.1. The second kappa shape index (κ2) is 18.4. The van der Waals surface area contributed by atoms with Crippen LogP contribution in [0.15, 0.2) is 255 Å². The van der Waals surface area contributed by atoms with Crippen molar-refractivity contribution in [3.05, 3.63) is 255 Å². The molecule has 9 aromatic carbocycles. The van der Waals surface area contributed by atoms with Crippen LogP contribution in [0.1, 0.15) is 0 Å². The van der Waals surface area contributed by atoms with Crippen LogP contribution < -0.4 is 20.7 Å². The lowest BCUT2D eigenvalue weighted by atomic mass is 9.94. The van der Waals surface area contributed by atoms with E-state index < -0.39 is 8.07 Å². The highest BCUT2D eigenvalue weighted by molar-refractivity contribution is 7.19. The Morgan fingerprint density at radius 1 is 0.194 bits per heavy atom. The van der Waals surface area contributed by atoms with E-state index in [0.717, 1.165) is 44.5 Å². The highest BCUT2D eigenvalue weighted by Crippen LogP contribution is 2.38. The molecule has 11 rings (SSSR count). The zero-order chi connectivity index (χ0) is 44.8. The molecular formula is C60H42N6Si. The van der Waals surface area contributed by atoms with E-state index >= 15 is 0 Å². The molecule has 0 fully saturated rings. The molecule has 2 aromatic heterocycles. The van der Waals surface area contributed by atoms with Gasteiger partial charge < -0.3 is 0 Å². The molecule has 0 saturated carbocycles. The minimum absolute atomic E-state index is 0.558. The van der Waals surface area contributed by atoms with E-state index in [1.54, 1.807) is 0 Å². The summed E-state index contributed by atoms with van der Waals surface area (Å²) in [5.41, 5.74) is 7.22. The molecule has 0 aliphatic carbocycles. The highest BCUT2D eigenvalue weighted by atomic mass is 28.3. The quantitative estimate of drug-likeness (QED) is 0.0952. The van der Waals surface area contributed by atoms with Gasteiger partial charge in [-0.15, -0.1) is 0 Å². The van der Waals surface area contributed by atoms with Crippen LogP contribution in [0.2, 0.25) is 0 Å². The number of hydrogen-bond donors (Lipinski definition) is 0. The maximum Gasteiger partial charge on any atom is 0.179 e. The van der Waals surface area contributed by atoms with Gasteiger partial charge in [-0.1, -0.05) is 255 Å². The van der Waals surface area contributed by atoms with Gasteiger partial charge in [-0.05, 0) is 31.9 Å². The fraction of sp³-hybridized carbons (Fsp3) is 0. The maximum absolute atomic E-state index is 5.39. The van der Waals surface area contributed by atoms with Crippen LogP contribution >= 0.6 is 0 Å². The first-order valence-electron chi connectivity index (χ1n) is 22.4. The van der Waals surface area contributed by atoms with Crippen LogP contribution in [0.25, 0.3) is 79.5 Å². The van der Waals surface area contributed by atoms with Gasteiger partial charge in [0.15, 0.2) is 43.0 Å². The van der Waals surface area contributed by atoms with Crippen molar-refractivity contribution in [1.82, 2.24) is 29.9 Å². The molecule has 0 radical (unpaired) electrons. The number of hydrogen-bond acceptors (Lipinski definition) is 6. The second-order valence-corrected chi connectivity index (χ2v) is 20.0. The van der Waals surface area contributed by atoms with Crippen LogP contribution in [0, 0.1) is 0 Å². The lowest BCUT2D eigenvalue weighted by Gasteiger charge is -2.34. The van der Waals surface area contributed by atoms with Crippen LogP contribution in [-0.4, -0.2) is 38.0 Å². The van der Waals surface area contributed by atoms with E-state index in [0.29, 0.717) is 34.9 Å². The molecule has 11 aromatic rings. The summed E-state index contributed by atoms with van der Waals surface area (Å²) in [5.74, 6) is 3.50. The van der Waals surface area contributed by atoms with E-state index in [2.05, 4.69) is 152 Å². The van der Waals surface area contributed by atoms with Crippen molar-refractivity contribution in [3.8, 4) is 79.5 Å². The molecule has 0 spiro atoms. The van der Waals surface area contributed by atoms with Gasteiger partial charge in [-0.25, -0.2) is 29.9 Å². The SMILES string of the molecule is c1ccc(-c2nc(-c3ccccc3)nc(-c3ccccc3-c3ccccc3-c3nc(-c4ccccc4)nc(-c4cccc([Si](c5ccccc5)(c5ccccc5)c5ccccc5)c4)n3)n2)cc1. The van der Waals surface area contributed by atoms with E-state index in [4.69, 9.17) is 29.9 Å². The molecule has 2 heterocycles. The Labute approximate surface area is 391 Å². The van der Waals surface area contributed by atoms with Crippen LogP contribution in [0.4, 0.5) is 0 Å². The minimum Gasteiger partial charge on any atom is -0.208 e. The molecule has 0 N–H and O–H groups in total. The lowest BCUT2D eigenvalue weighted by molar-refractivity contribution is 1.07. The van der Waals surface area contributed by atoms with Crippen molar-refractivity contribution >= 4 is 28.8 Å². The average Bonchev–Trinajstić information content (AvgIpc) is 3.42. The lowest BCUT2D eigenvalue weighted by Crippen LogP contribution is -2.74. The summed E-state index contributed by atoms with van der Waals surface area (Å²) in [5, 5.41) is 5.11. The van der Waals surface area contributed by atoms with Gasteiger partial charge in [0.25, 0.3) is 0 Å². The summed E-state index contributed by atoms with van der Waals surface area (Å²) in [6, 6.07) is 88.6. The molecule has 0 atom stereocenters. The topological polar surface area (TPSA) is 77.3 Å². The predicted octanol–water partition coefficient (Wildman–Crippen LogP) is 11.1. The fourth-order valence-electron chi connectivity index (χ4n) is 9.05. The summed E-state index contributed by atoms with van der Waals surface area (Å²) in [7, 11) is -2.85. The second-order valence-electron chi connectivity index (χ2n) is 16.2. The van der Waals surface area contributed by atoms with Gasteiger partial charge >= 0.3 is 0 Å². The van der Waals surface area contributed by atoms with Crippen molar-refractivity contribution in [2.24, 2.45) is 0 Å². The number of benzene rings is 9. The first kappa shape index (κ1) is 41.0. The molecule has 0 aliphatic heterocycles. The van der Waals surface area contributed by atoms with Crippen LogP contribution in [0.5, 0.6) is 0 Å². The first-order chi connectivity index (χ1) is 33.2. The first-order valence-corrected chi connectivity index (χ1v) is 24.4. The predicted molar refractivity (Wildman–Crippen MR) is 275 cm³/mol. The van der Waals surface area contributed by atoms with Crippen molar-refractivity contribution < 1.29 is 0 Å². The normalized spacial score (nSPS) is 11.3. The Balaban J connectivity index is 1.10. The summed E-state index contributed by atoms with van der Waals surface area (Å²) >= 11 is 0. The molecule has 0 aliphatic rings. The monoisotopic (exact) mass is 874 g/mol. The molecule has 7 heteroatoms. The van der Waals surface area contributed by atoms with Gasteiger partial charge in [-0.3, -0.25) is 0 Å². The summed E-state index contributed by atoms with van der Waals surface area (Å²) in [6.45, 7) is 0. The molecule has 0 amide bonds. The van der Waals surface area contributed by atoms with Gasteiger partial charge in [0, 0.05) is 33.4 Å². The summed E-state index contributed by atoms with van der Waals surface area (Å²) in [6.07, 6.45) is 0. The van der Waals surface area contributed by atoms with Crippen LogP contribution in [0.3, 0.4) is 0 Å². The van der Waals surface area contributed by atoms with Crippen molar-refractivity contribution in [1.29, 1.82) is 0 Å². The molecule has 6 nitrogen and oxygen atoms in total. The molecular weight excluding hydrogens is 833 g/mol. The van der Waals surface area contributed by atoms with E-state index in [1.807, 2.05) is 103 Å². The van der Waals surface area contributed by atoms with E-state index in [9.17, 15) is 0 Å². The molecule has 0 unspecified atom stereocenters. The Morgan fingerprint density at radius 2 is 0.448 bits per heavy atom. The Bertz CT molecular complexity index is 3290. The number of nitrogens with zero attached hydrogens (tertiary/aromatic N) is 6. The average molecular weight is 875 g/mol. The third kappa shape index (κ3) is 8.05. The van der Waals surface area contributed by atoms with E-state index in [1.165, 1.54) is 20.7 Å². The fourth-order valence-corrected chi connectivity index (χ4v) is 13.8. The Hall–Kier alpha value is -8.78. The van der Waals surface area contributed by atoms with Gasteiger partial charge in [0.05, 0.1) is 0 Å². The molecule has 67 heavy (non-hydrogen) atoms. The largest absolute Gasteiger partial charge is 0.208 e. The van der Waals surface area contributed by atoms with Crippen molar-refractivity contribution in [2.75, 3.05) is 0 Å². The maximum atomic E-state index is 5.39. The molecule has 316 valence electrons. The van der Waals surface area contributed by atoms with Gasteiger partial charge in [-0.2, -0.15) is 0 Å².